The van der Waals surface area contributed by atoms with Crippen molar-refractivity contribution in [1.29, 1.82) is 0 Å². The van der Waals surface area contributed by atoms with Crippen molar-refractivity contribution in [1.82, 2.24) is 14.3 Å². The molecule has 1 N–H and O–H groups in total. The van der Waals surface area contributed by atoms with Crippen LogP contribution in [0, 0.1) is 6.92 Å². The fraction of sp³-hybridized carbons (Fsp3) is 0.455. The van der Waals surface area contributed by atoms with Crippen molar-refractivity contribution in [3.63, 3.8) is 0 Å². The second-order valence-corrected chi connectivity index (χ2v) is 9.23. The van der Waals surface area contributed by atoms with E-state index in [1.807, 2.05) is 32.9 Å². The van der Waals surface area contributed by atoms with Crippen molar-refractivity contribution in [3.05, 3.63) is 44.7 Å². The van der Waals surface area contributed by atoms with Gasteiger partial charge in [0.05, 0.1) is 10.5 Å². The Morgan fingerprint density at radius 3 is 2.73 bits per heavy atom. The van der Waals surface area contributed by atoms with Gasteiger partial charge in [0.15, 0.2) is 0 Å². The van der Waals surface area contributed by atoms with E-state index in [1.54, 1.807) is 17.2 Å². The number of thiocarbonyl (C=S) groups is 1. The molecule has 3 heterocycles. The zero-order valence-corrected chi connectivity index (χ0v) is 19.5. The number of nitrogens with one attached hydrogen (secondary N) is 1. The Hall–Kier alpha value is -2.19. The van der Waals surface area contributed by atoms with Crippen molar-refractivity contribution < 1.29 is 4.79 Å². The monoisotopic (exact) mass is 444 g/mol. The average Bonchev–Trinajstić information content (AvgIpc) is 3.01. The second kappa shape index (κ2) is 9.75. The highest BCUT2D eigenvalue weighted by Gasteiger charge is 2.35. The molecule has 0 aliphatic carbocycles. The van der Waals surface area contributed by atoms with Crippen LogP contribution in [0.5, 0.6) is 0 Å². The minimum Gasteiger partial charge on any atom is -0.369 e. The zero-order valence-electron chi connectivity index (χ0n) is 17.9. The molecule has 0 bridgehead atoms. The number of carbonyl (C=O) groups is 1. The van der Waals surface area contributed by atoms with E-state index in [0.29, 0.717) is 26.3 Å². The van der Waals surface area contributed by atoms with Crippen LogP contribution < -0.4 is 10.9 Å². The Morgan fingerprint density at radius 2 is 2.03 bits per heavy atom. The first-order valence-corrected chi connectivity index (χ1v) is 11.6. The van der Waals surface area contributed by atoms with Gasteiger partial charge in [0.2, 0.25) is 0 Å². The molecule has 0 aromatic carbocycles. The second-order valence-electron chi connectivity index (χ2n) is 7.56. The molecule has 3 rings (SSSR count). The van der Waals surface area contributed by atoms with Gasteiger partial charge >= 0.3 is 0 Å². The maximum Gasteiger partial charge on any atom is 0.267 e. The molecule has 1 amide bonds. The van der Waals surface area contributed by atoms with Gasteiger partial charge in [0, 0.05) is 18.8 Å². The lowest BCUT2D eigenvalue weighted by molar-refractivity contribution is -0.123. The molecule has 160 valence electrons. The summed E-state index contributed by atoms with van der Waals surface area (Å²) in [6.07, 6.45) is 7.42. The molecule has 0 saturated carbocycles. The topological polar surface area (TPSA) is 66.7 Å². The van der Waals surface area contributed by atoms with Crippen LogP contribution in [0.3, 0.4) is 0 Å². The third kappa shape index (κ3) is 4.59. The minimum atomic E-state index is -0.199. The third-order valence-electron chi connectivity index (χ3n) is 5.21. The van der Waals surface area contributed by atoms with Crippen LogP contribution in [0.1, 0.15) is 57.6 Å². The summed E-state index contributed by atoms with van der Waals surface area (Å²) < 4.78 is 2.07. The van der Waals surface area contributed by atoms with E-state index in [1.165, 1.54) is 16.2 Å². The number of fused-ring (bicyclic) bond motifs is 1. The predicted octanol–water partition coefficient (Wildman–Crippen LogP) is 4.60. The van der Waals surface area contributed by atoms with Crippen molar-refractivity contribution in [3.8, 4) is 0 Å². The number of thioether (sulfide) groups is 1. The molecular formula is C22H28N4O2S2. The maximum absolute atomic E-state index is 13.3. The molecule has 1 aliphatic rings. The fourth-order valence-electron chi connectivity index (χ4n) is 3.28. The number of aromatic nitrogens is 2. The van der Waals surface area contributed by atoms with Gasteiger partial charge in [-0.25, -0.2) is 4.98 Å². The first-order chi connectivity index (χ1) is 14.4. The summed E-state index contributed by atoms with van der Waals surface area (Å²) in [6.45, 7) is 8.79. The normalized spacial score (nSPS) is 16.7. The molecule has 2 aromatic rings. The van der Waals surface area contributed by atoms with Crippen LogP contribution in [0.25, 0.3) is 11.7 Å². The third-order valence-corrected chi connectivity index (χ3v) is 6.54. The fourth-order valence-corrected chi connectivity index (χ4v) is 4.72. The van der Waals surface area contributed by atoms with Crippen LogP contribution in [0.15, 0.2) is 28.0 Å². The largest absolute Gasteiger partial charge is 0.369 e. The molecule has 8 heteroatoms. The first kappa shape index (κ1) is 22.5. The first-order valence-electron chi connectivity index (χ1n) is 10.4. The van der Waals surface area contributed by atoms with Crippen LogP contribution in [0.2, 0.25) is 0 Å². The van der Waals surface area contributed by atoms with Gasteiger partial charge in [-0.3, -0.25) is 18.9 Å². The van der Waals surface area contributed by atoms with E-state index in [-0.39, 0.29) is 17.5 Å². The summed E-state index contributed by atoms with van der Waals surface area (Å²) in [7, 11) is 0. The van der Waals surface area contributed by atoms with E-state index in [9.17, 15) is 9.59 Å². The molecule has 1 aliphatic heterocycles. The molecular weight excluding hydrogens is 416 g/mol. The van der Waals surface area contributed by atoms with Crippen molar-refractivity contribution in [2.75, 3.05) is 11.9 Å². The van der Waals surface area contributed by atoms with Crippen LogP contribution in [-0.2, 0) is 4.79 Å². The Kier molecular flexibility index (Phi) is 7.31. The lowest BCUT2D eigenvalue weighted by Crippen LogP contribution is -2.36. The number of aryl methyl sites for hydroxylation is 1. The summed E-state index contributed by atoms with van der Waals surface area (Å²) in [4.78, 5) is 33.0. The summed E-state index contributed by atoms with van der Waals surface area (Å²) in [5, 5.41) is 3.30. The highest BCUT2D eigenvalue weighted by molar-refractivity contribution is 8.26. The van der Waals surface area contributed by atoms with E-state index < -0.39 is 0 Å². The summed E-state index contributed by atoms with van der Waals surface area (Å²) in [5.41, 5.74) is 1.73. The Bertz CT molecular complexity index is 1060. The summed E-state index contributed by atoms with van der Waals surface area (Å²) in [5.74, 6) is 0.360. The van der Waals surface area contributed by atoms with Gasteiger partial charge in [-0.2, -0.15) is 0 Å². The van der Waals surface area contributed by atoms with Crippen molar-refractivity contribution >= 4 is 51.7 Å². The summed E-state index contributed by atoms with van der Waals surface area (Å²) >= 11 is 6.67. The molecule has 6 nitrogen and oxygen atoms in total. The zero-order chi connectivity index (χ0) is 21.8. The minimum absolute atomic E-state index is 0.0218. The highest BCUT2D eigenvalue weighted by Crippen LogP contribution is 2.34. The smallest absolute Gasteiger partial charge is 0.267 e. The number of nitrogens with zero attached hydrogens (tertiary/aromatic N) is 3. The number of anilines is 1. The Balaban J connectivity index is 2.07. The number of hydrogen-bond acceptors (Lipinski definition) is 6. The van der Waals surface area contributed by atoms with E-state index in [2.05, 4.69) is 17.2 Å². The van der Waals surface area contributed by atoms with Crippen molar-refractivity contribution in [2.45, 2.75) is 59.4 Å². The van der Waals surface area contributed by atoms with E-state index >= 15 is 0 Å². The van der Waals surface area contributed by atoms with Gasteiger partial charge in [-0.1, -0.05) is 56.7 Å². The lowest BCUT2D eigenvalue weighted by Gasteiger charge is -2.21. The standard InChI is InChI=1S/C22H28N4O2S2/c1-5-7-8-11-23-19-16(20(27)25-13-14(3)9-10-18(25)24-19)12-17-21(28)26(15(4)6-2)22(29)30-17/h9-10,12-13,15,23H,5-8,11H2,1-4H3/b17-12+. The molecule has 1 unspecified atom stereocenters. The molecule has 0 radical (unpaired) electrons. The number of hydrogen-bond donors (Lipinski definition) is 1. The Morgan fingerprint density at radius 1 is 1.27 bits per heavy atom. The Labute approximate surface area is 186 Å². The van der Waals surface area contributed by atoms with Gasteiger partial charge in [0.25, 0.3) is 11.5 Å². The van der Waals surface area contributed by atoms with Gasteiger partial charge in [-0.05, 0) is 44.4 Å². The lowest BCUT2D eigenvalue weighted by atomic mass is 10.2. The molecule has 2 aromatic heterocycles. The van der Waals surface area contributed by atoms with E-state index in [0.717, 1.165) is 37.8 Å². The highest BCUT2D eigenvalue weighted by atomic mass is 32.2. The van der Waals surface area contributed by atoms with Gasteiger partial charge < -0.3 is 5.32 Å². The number of rotatable bonds is 8. The average molecular weight is 445 g/mol. The molecule has 30 heavy (non-hydrogen) atoms. The van der Waals surface area contributed by atoms with Crippen LogP contribution in [0.4, 0.5) is 5.82 Å². The quantitative estimate of drug-likeness (QED) is 0.364. The van der Waals surface area contributed by atoms with Gasteiger partial charge in [-0.15, -0.1) is 0 Å². The van der Waals surface area contributed by atoms with E-state index in [4.69, 9.17) is 12.2 Å². The molecule has 0 spiro atoms. The molecule has 1 fully saturated rings. The SMILES string of the molecule is CCCCCNc1nc2ccc(C)cn2c(=O)c1/C=C1/SC(=S)N(C(C)CC)C1=O. The van der Waals surface area contributed by atoms with Gasteiger partial charge in [0.1, 0.15) is 15.8 Å². The number of unbranched alkanes of at least 4 members (excludes halogenated alkanes) is 2. The number of carbonyl (C=O) groups excluding carboxylic acids is 1. The predicted molar refractivity (Wildman–Crippen MR) is 129 cm³/mol. The number of amides is 1. The van der Waals surface area contributed by atoms with Crippen molar-refractivity contribution in [2.24, 2.45) is 0 Å². The maximum atomic E-state index is 13.3. The summed E-state index contributed by atoms with van der Waals surface area (Å²) in [6, 6.07) is 3.79. The number of pyridine rings is 1. The van der Waals surface area contributed by atoms with Crippen LogP contribution in [-0.4, -0.2) is 37.1 Å². The van der Waals surface area contributed by atoms with Crippen LogP contribution >= 0.6 is 24.0 Å². The molecule has 1 saturated heterocycles. The molecule has 1 atom stereocenters.